The number of anilines is 1. The third kappa shape index (κ3) is 6.19. The monoisotopic (exact) mass is 387 g/mol. The number of benzene rings is 2. The summed E-state index contributed by atoms with van der Waals surface area (Å²) in [6, 6.07) is 10.1. The molecule has 0 aromatic heterocycles. The van der Waals surface area contributed by atoms with E-state index >= 15 is 0 Å². The second-order valence-corrected chi connectivity index (χ2v) is 6.61. The Balaban J connectivity index is 1.98. The Morgan fingerprint density at radius 2 is 1.86 bits per heavy atom. The minimum absolute atomic E-state index is 0.226. The number of esters is 1. The van der Waals surface area contributed by atoms with E-state index in [1.165, 1.54) is 31.2 Å². The number of rotatable bonds is 8. The summed E-state index contributed by atoms with van der Waals surface area (Å²) < 4.78 is 24.6. The molecule has 7 heteroatoms. The van der Waals surface area contributed by atoms with E-state index < -0.39 is 24.2 Å². The van der Waals surface area contributed by atoms with Crippen molar-refractivity contribution in [2.75, 3.05) is 18.5 Å². The number of Topliss-reactive ketones (excluding diaryl/α,β-unsaturated/α-hetero) is 1. The number of carbonyl (C=O) groups excluding carboxylic acids is 3. The Morgan fingerprint density at radius 3 is 2.50 bits per heavy atom. The fraction of sp³-hybridized carbons (Fsp3) is 0.286. The normalized spacial score (nSPS) is 10.5. The molecule has 28 heavy (non-hydrogen) atoms. The summed E-state index contributed by atoms with van der Waals surface area (Å²) in [4.78, 5) is 35.3. The van der Waals surface area contributed by atoms with E-state index in [-0.39, 0.29) is 22.7 Å². The van der Waals surface area contributed by atoms with Gasteiger partial charge in [0.1, 0.15) is 11.6 Å². The molecule has 0 spiro atoms. The van der Waals surface area contributed by atoms with Gasteiger partial charge in [-0.15, -0.1) is 0 Å². The van der Waals surface area contributed by atoms with Crippen molar-refractivity contribution in [1.29, 1.82) is 0 Å². The number of hydrogen-bond donors (Lipinski definition) is 1. The molecule has 0 aliphatic rings. The molecule has 0 atom stereocenters. The number of amides is 1. The van der Waals surface area contributed by atoms with Crippen molar-refractivity contribution in [3.63, 3.8) is 0 Å². The highest BCUT2D eigenvalue weighted by Crippen LogP contribution is 2.17. The fourth-order valence-corrected chi connectivity index (χ4v) is 2.29. The molecule has 6 nitrogen and oxygen atoms in total. The third-order valence-corrected chi connectivity index (χ3v) is 3.58. The largest absolute Gasteiger partial charge is 0.493 e. The molecule has 0 heterocycles. The van der Waals surface area contributed by atoms with Crippen molar-refractivity contribution in [2.45, 2.75) is 20.8 Å². The summed E-state index contributed by atoms with van der Waals surface area (Å²) in [7, 11) is 0. The number of hydrogen-bond acceptors (Lipinski definition) is 5. The quantitative estimate of drug-likeness (QED) is 0.549. The van der Waals surface area contributed by atoms with E-state index in [9.17, 15) is 18.8 Å². The molecule has 1 amide bonds. The van der Waals surface area contributed by atoms with Crippen molar-refractivity contribution >= 4 is 23.3 Å². The number of halogens is 1. The minimum atomic E-state index is -0.809. The van der Waals surface area contributed by atoms with Gasteiger partial charge in [0.25, 0.3) is 0 Å². The van der Waals surface area contributed by atoms with Gasteiger partial charge in [-0.05, 0) is 42.3 Å². The maximum absolute atomic E-state index is 14.1. The van der Waals surface area contributed by atoms with Crippen LogP contribution < -0.4 is 10.1 Å². The van der Waals surface area contributed by atoms with E-state index in [1.54, 1.807) is 12.1 Å². The van der Waals surface area contributed by atoms with Crippen LogP contribution >= 0.6 is 0 Å². The van der Waals surface area contributed by atoms with Crippen molar-refractivity contribution in [3.05, 3.63) is 59.4 Å². The minimum Gasteiger partial charge on any atom is -0.493 e. The second kappa shape index (κ2) is 9.64. The average Bonchev–Trinajstić information content (AvgIpc) is 2.64. The Hall–Kier alpha value is -3.22. The van der Waals surface area contributed by atoms with Gasteiger partial charge in [0, 0.05) is 12.6 Å². The number of ether oxygens (including phenoxy) is 2. The van der Waals surface area contributed by atoms with E-state index in [4.69, 9.17) is 9.47 Å². The van der Waals surface area contributed by atoms with Crippen LogP contribution in [-0.4, -0.2) is 30.9 Å². The Bertz CT molecular complexity index is 879. The number of nitrogens with one attached hydrogen (secondary N) is 1. The van der Waals surface area contributed by atoms with E-state index in [1.807, 2.05) is 13.8 Å². The van der Waals surface area contributed by atoms with Gasteiger partial charge in [-0.2, -0.15) is 0 Å². The fourth-order valence-electron chi connectivity index (χ4n) is 2.29. The zero-order valence-electron chi connectivity index (χ0n) is 16.0. The molecule has 0 unspecified atom stereocenters. The molecule has 1 N–H and O–H groups in total. The Kier molecular flexibility index (Phi) is 7.26. The maximum atomic E-state index is 14.1. The highest BCUT2D eigenvalue weighted by molar-refractivity contribution is 6.00. The smallest absolute Gasteiger partial charge is 0.338 e. The molecule has 0 saturated carbocycles. The molecule has 0 bridgehead atoms. The average molecular weight is 387 g/mol. The highest BCUT2D eigenvalue weighted by Gasteiger charge is 2.16. The highest BCUT2D eigenvalue weighted by atomic mass is 19.1. The van der Waals surface area contributed by atoms with E-state index in [0.29, 0.717) is 18.3 Å². The lowest BCUT2D eigenvalue weighted by Gasteiger charge is -2.10. The predicted molar refractivity (Wildman–Crippen MR) is 102 cm³/mol. The molecule has 148 valence electrons. The van der Waals surface area contributed by atoms with Crippen LogP contribution in [0.3, 0.4) is 0 Å². The van der Waals surface area contributed by atoms with Crippen LogP contribution in [0.5, 0.6) is 5.75 Å². The van der Waals surface area contributed by atoms with Gasteiger partial charge in [0.2, 0.25) is 11.7 Å². The molecule has 2 aromatic carbocycles. The lowest BCUT2D eigenvalue weighted by molar-refractivity contribution is -0.114. The van der Waals surface area contributed by atoms with Crippen LogP contribution in [-0.2, 0) is 9.53 Å². The maximum Gasteiger partial charge on any atom is 0.338 e. The molecular weight excluding hydrogens is 365 g/mol. The topological polar surface area (TPSA) is 81.7 Å². The van der Waals surface area contributed by atoms with Gasteiger partial charge in [-0.3, -0.25) is 9.59 Å². The second-order valence-electron chi connectivity index (χ2n) is 6.61. The first kappa shape index (κ1) is 21.1. The van der Waals surface area contributed by atoms with Gasteiger partial charge >= 0.3 is 5.97 Å². The van der Waals surface area contributed by atoms with Gasteiger partial charge in [-0.25, -0.2) is 9.18 Å². The Morgan fingerprint density at radius 1 is 1.11 bits per heavy atom. The van der Waals surface area contributed by atoms with Crippen LogP contribution in [0.15, 0.2) is 42.5 Å². The molecule has 2 rings (SSSR count). The van der Waals surface area contributed by atoms with E-state index in [2.05, 4.69) is 5.32 Å². The zero-order chi connectivity index (χ0) is 20.7. The predicted octanol–water partition coefficient (Wildman–Crippen LogP) is 3.86. The first-order valence-electron chi connectivity index (χ1n) is 8.76. The lowest BCUT2D eigenvalue weighted by Crippen LogP contribution is -2.16. The van der Waals surface area contributed by atoms with Crippen molar-refractivity contribution < 1.29 is 28.2 Å². The summed E-state index contributed by atoms with van der Waals surface area (Å²) in [5.74, 6) is -1.70. The Labute approximate surface area is 162 Å². The molecule has 2 aromatic rings. The molecular formula is C21H22FNO5. The van der Waals surface area contributed by atoms with Crippen LogP contribution in [0.1, 0.15) is 41.5 Å². The van der Waals surface area contributed by atoms with Gasteiger partial charge in [-0.1, -0.05) is 19.9 Å². The van der Waals surface area contributed by atoms with Crippen LogP contribution in [0.25, 0.3) is 0 Å². The standard InChI is InChI=1S/C21H22FNO5/c1-13(2)11-27-17-6-4-5-15(9-17)21(26)28-12-20(25)18-8-7-16(10-19(18)22)23-14(3)24/h4-10,13H,11-12H2,1-3H3,(H,23,24). The molecule has 0 fully saturated rings. The van der Waals surface area contributed by atoms with Crippen molar-refractivity contribution in [3.8, 4) is 5.75 Å². The summed E-state index contributed by atoms with van der Waals surface area (Å²) >= 11 is 0. The van der Waals surface area contributed by atoms with Gasteiger partial charge in [0.05, 0.1) is 17.7 Å². The van der Waals surface area contributed by atoms with E-state index in [0.717, 1.165) is 6.07 Å². The summed E-state index contributed by atoms with van der Waals surface area (Å²) in [5, 5.41) is 2.42. The molecule has 0 aliphatic carbocycles. The first-order chi connectivity index (χ1) is 13.3. The summed E-state index contributed by atoms with van der Waals surface area (Å²) in [5.41, 5.74) is 0.239. The van der Waals surface area contributed by atoms with Crippen LogP contribution in [0.4, 0.5) is 10.1 Å². The molecule has 0 radical (unpaired) electrons. The van der Waals surface area contributed by atoms with Crippen molar-refractivity contribution in [1.82, 2.24) is 0 Å². The summed E-state index contributed by atoms with van der Waals surface area (Å²) in [6.45, 7) is 5.20. The van der Waals surface area contributed by atoms with Crippen LogP contribution in [0, 0.1) is 11.7 Å². The van der Waals surface area contributed by atoms with Gasteiger partial charge < -0.3 is 14.8 Å². The lowest BCUT2D eigenvalue weighted by atomic mass is 10.1. The number of ketones is 1. The molecule has 0 saturated heterocycles. The number of carbonyl (C=O) groups is 3. The zero-order valence-corrected chi connectivity index (χ0v) is 16.0. The third-order valence-electron chi connectivity index (χ3n) is 3.58. The van der Waals surface area contributed by atoms with Gasteiger partial charge in [0.15, 0.2) is 6.61 Å². The van der Waals surface area contributed by atoms with Crippen LogP contribution in [0.2, 0.25) is 0 Å². The van der Waals surface area contributed by atoms with Crippen molar-refractivity contribution in [2.24, 2.45) is 5.92 Å². The SMILES string of the molecule is CC(=O)Nc1ccc(C(=O)COC(=O)c2cccc(OCC(C)C)c2)c(F)c1. The molecule has 0 aliphatic heterocycles. The first-order valence-corrected chi connectivity index (χ1v) is 8.76. The summed E-state index contributed by atoms with van der Waals surface area (Å²) in [6.07, 6.45) is 0.